The number of furan rings is 1. The van der Waals surface area contributed by atoms with Crippen LogP contribution in [0.25, 0.3) is 0 Å². The maximum absolute atomic E-state index is 14.2. The van der Waals surface area contributed by atoms with Crippen LogP contribution >= 0.6 is 23.4 Å². The quantitative estimate of drug-likeness (QED) is 0.363. The van der Waals surface area contributed by atoms with E-state index in [0.29, 0.717) is 27.2 Å². The Labute approximate surface area is 216 Å². The second kappa shape index (κ2) is 11.2. The molecule has 0 fully saturated rings. The summed E-state index contributed by atoms with van der Waals surface area (Å²) in [5, 5.41) is 19.4. The second-order valence-electron chi connectivity index (χ2n) is 7.75. The number of nitrogens with zero attached hydrogens (tertiary/aromatic N) is 1. The van der Waals surface area contributed by atoms with Crippen molar-refractivity contribution in [2.75, 3.05) is 16.4 Å². The van der Waals surface area contributed by atoms with E-state index in [1.165, 1.54) is 24.5 Å². The summed E-state index contributed by atoms with van der Waals surface area (Å²) in [5.41, 5.74) is 1.42. The molecule has 0 aliphatic carbocycles. The third-order valence-electron chi connectivity index (χ3n) is 5.30. The van der Waals surface area contributed by atoms with Crippen molar-refractivity contribution in [3.8, 4) is 6.07 Å². The predicted octanol–water partition coefficient (Wildman–Crippen LogP) is 5.78. The Morgan fingerprint density at radius 3 is 2.67 bits per heavy atom. The van der Waals surface area contributed by atoms with Crippen molar-refractivity contribution in [1.82, 2.24) is 5.32 Å². The van der Waals surface area contributed by atoms with Crippen LogP contribution in [0.3, 0.4) is 0 Å². The number of carbonyl (C=O) groups excluding carboxylic acids is 2. The highest BCUT2D eigenvalue weighted by atomic mass is 35.5. The van der Waals surface area contributed by atoms with Gasteiger partial charge in [0.2, 0.25) is 5.91 Å². The highest BCUT2D eigenvalue weighted by Gasteiger charge is 2.36. The zero-order valence-corrected chi connectivity index (χ0v) is 20.5. The van der Waals surface area contributed by atoms with E-state index in [0.717, 1.165) is 11.8 Å². The van der Waals surface area contributed by atoms with E-state index < -0.39 is 17.6 Å². The SMILES string of the molecule is CC1=C(C(=O)Nc2ccccc2F)[C@H](c2ccco2)C(C#N)=C(SCC(=O)Nc2cccc(Cl)c2)N1. The zero-order valence-electron chi connectivity index (χ0n) is 19.0. The van der Waals surface area contributed by atoms with Crippen LogP contribution in [0.1, 0.15) is 18.6 Å². The molecule has 3 N–H and O–H groups in total. The summed E-state index contributed by atoms with van der Waals surface area (Å²) >= 11 is 7.09. The minimum Gasteiger partial charge on any atom is -0.468 e. The van der Waals surface area contributed by atoms with Crippen LogP contribution in [0.4, 0.5) is 15.8 Å². The molecular weight excluding hydrogens is 503 g/mol. The number of benzene rings is 2. The average Bonchev–Trinajstić information content (AvgIpc) is 3.38. The first-order valence-electron chi connectivity index (χ1n) is 10.8. The fourth-order valence-corrected chi connectivity index (χ4v) is 4.80. The lowest BCUT2D eigenvalue weighted by Gasteiger charge is -2.28. The summed E-state index contributed by atoms with van der Waals surface area (Å²) in [4.78, 5) is 25.8. The van der Waals surface area contributed by atoms with Crippen LogP contribution in [0.15, 0.2) is 93.2 Å². The van der Waals surface area contributed by atoms with Gasteiger partial charge < -0.3 is 20.4 Å². The standard InChI is InChI=1S/C26H20ClFN4O3S/c1-15-23(25(34)32-20-9-3-2-8-19(20)28)24(21-10-5-11-35-21)18(13-29)26(30-15)36-14-22(33)31-17-7-4-6-16(27)12-17/h2-12,24,30H,14H2,1H3,(H,31,33)(H,32,34)/t24-/m0/s1. The largest absolute Gasteiger partial charge is 0.468 e. The van der Waals surface area contributed by atoms with Gasteiger partial charge in [-0.2, -0.15) is 5.26 Å². The predicted molar refractivity (Wildman–Crippen MR) is 137 cm³/mol. The lowest BCUT2D eigenvalue weighted by molar-refractivity contribution is -0.114. The first-order valence-corrected chi connectivity index (χ1v) is 12.1. The van der Waals surface area contributed by atoms with Crippen molar-refractivity contribution >= 4 is 46.6 Å². The Balaban J connectivity index is 1.59. The molecule has 1 aliphatic heterocycles. The Hall–Kier alpha value is -4.00. The molecule has 4 rings (SSSR count). The zero-order chi connectivity index (χ0) is 25.7. The first kappa shape index (κ1) is 25.1. The van der Waals surface area contributed by atoms with Gasteiger partial charge in [-0.05, 0) is 49.4 Å². The maximum Gasteiger partial charge on any atom is 0.254 e. The monoisotopic (exact) mass is 522 g/mol. The molecule has 0 radical (unpaired) electrons. The number of rotatable bonds is 7. The molecule has 10 heteroatoms. The Bertz CT molecular complexity index is 1410. The molecule has 2 amide bonds. The lowest BCUT2D eigenvalue weighted by atomic mass is 9.85. The number of nitrogens with one attached hydrogen (secondary N) is 3. The van der Waals surface area contributed by atoms with E-state index in [4.69, 9.17) is 16.0 Å². The topological polar surface area (TPSA) is 107 Å². The van der Waals surface area contributed by atoms with E-state index in [9.17, 15) is 19.2 Å². The number of anilines is 2. The molecule has 0 spiro atoms. The molecule has 0 bridgehead atoms. The van der Waals surface area contributed by atoms with Crippen LogP contribution in [0, 0.1) is 17.1 Å². The van der Waals surface area contributed by atoms with Crippen molar-refractivity contribution in [3.05, 3.63) is 105 Å². The van der Waals surface area contributed by atoms with E-state index in [1.54, 1.807) is 49.4 Å². The van der Waals surface area contributed by atoms with Gasteiger partial charge in [0.1, 0.15) is 11.6 Å². The number of nitriles is 1. The molecule has 0 unspecified atom stereocenters. The summed E-state index contributed by atoms with van der Waals surface area (Å²) in [5.74, 6) is -1.95. The Morgan fingerprint density at radius 2 is 1.97 bits per heavy atom. The van der Waals surface area contributed by atoms with Crippen LogP contribution in [-0.4, -0.2) is 17.6 Å². The van der Waals surface area contributed by atoms with Gasteiger partial charge >= 0.3 is 0 Å². The first-order chi connectivity index (χ1) is 17.4. The van der Waals surface area contributed by atoms with Crippen molar-refractivity contribution in [3.63, 3.8) is 0 Å². The number of carbonyl (C=O) groups is 2. The van der Waals surface area contributed by atoms with Gasteiger partial charge in [-0.15, -0.1) is 0 Å². The van der Waals surface area contributed by atoms with Gasteiger partial charge in [-0.25, -0.2) is 4.39 Å². The van der Waals surface area contributed by atoms with Crippen molar-refractivity contribution < 1.29 is 18.4 Å². The van der Waals surface area contributed by atoms with E-state index in [2.05, 4.69) is 22.0 Å². The number of amides is 2. The molecule has 7 nitrogen and oxygen atoms in total. The molecular formula is C26H20ClFN4O3S. The normalized spacial score (nSPS) is 15.2. The number of allylic oxidation sites excluding steroid dienone is 2. The summed E-state index contributed by atoms with van der Waals surface area (Å²) in [7, 11) is 0. The number of hydrogen-bond donors (Lipinski definition) is 3. The van der Waals surface area contributed by atoms with Gasteiger partial charge in [0.05, 0.1) is 45.9 Å². The molecule has 1 aromatic heterocycles. The number of thioether (sulfide) groups is 1. The van der Waals surface area contributed by atoms with Gasteiger partial charge in [0.15, 0.2) is 0 Å². The molecule has 36 heavy (non-hydrogen) atoms. The van der Waals surface area contributed by atoms with Gasteiger partial charge in [0, 0.05) is 16.4 Å². The van der Waals surface area contributed by atoms with Crippen molar-refractivity contribution in [1.29, 1.82) is 5.26 Å². The van der Waals surface area contributed by atoms with E-state index in [-0.39, 0.29) is 28.5 Å². The smallest absolute Gasteiger partial charge is 0.254 e. The van der Waals surface area contributed by atoms with Crippen molar-refractivity contribution in [2.24, 2.45) is 0 Å². The molecule has 2 aromatic carbocycles. The second-order valence-corrected chi connectivity index (χ2v) is 9.17. The van der Waals surface area contributed by atoms with E-state index in [1.807, 2.05) is 0 Å². The van der Waals surface area contributed by atoms with Gasteiger partial charge in [-0.1, -0.05) is 41.6 Å². The van der Waals surface area contributed by atoms with Crippen LogP contribution in [0.2, 0.25) is 5.02 Å². The molecule has 3 aromatic rings. The third-order valence-corrected chi connectivity index (χ3v) is 6.55. The van der Waals surface area contributed by atoms with Gasteiger partial charge in [-0.3, -0.25) is 9.59 Å². The van der Waals surface area contributed by atoms with E-state index >= 15 is 0 Å². The van der Waals surface area contributed by atoms with Crippen LogP contribution in [0.5, 0.6) is 0 Å². The molecule has 2 heterocycles. The summed E-state index contributed by atoms with van der Waals surface area (Å²) in [6.07, 6.45) is 1.44. The molecule has 182 valence electrons. The fraction of sp³-hybridized carbons (Fsp3) is 0.115. The molecule has 0 saturated heterocycles. The summed E-state index contributed by atoms with van der Waals surface area (Å²) in [6.45, 7) is 1.67. The molecule has 0 saturated carbocycles. The molecule has 1 aliphatic rings. The number of hydrogen-bond acceptors (Lipinski definition) is 6. The summed E-state index contributed by atoms with van der Waals surface area (Å²) < 4.78 is 19.7. The minimum absolute atomic E-state index is 0.00502. The highest BCUT2D eigenvalue weighted by Crippen LogP contribution is 2.41. The number of para-hydroxylation sites is 1. The number of dihydropyridines is 1. The number of halogens is 2. The van der Waals surface area contributed by atoms with Crippen LogP contribution in [-0.2, 0) is 9.59 Å². The molecule has 1 atom stereocenters. The maximum atomic E-state index is 14.2. The highest BCUT2D eigenvalue weighted by molar-refractivity contribution is 8.03. The summed E-state index contributed by atoms with van der Waals surface area (Å²) in [6, 6.07) is 18.0. The Morgan fingerprint density at radius 1 is 1.17 bits per heavy atom. The third kappa shape index (κ3) is 5.62. The Kier molecular flexibility index (Phi) is 7.78. The average molecular weight is 523 g/mol. The fourth-order valence-electron chi connectivity index (χ4n) is 3.72. The van der Waals surface area contributed by atoms with Crippen molar-refractivity contribution in [2.45, 2.75) is 12.8 Å². The minimum atomic E-state index is -0.850. The van der Waals surface area contributed by atoms with Crippen LogP contribution < -0.4 is 16.0 Å². The van der Waals surface area contributed by atoms with Gasteiger partial charge in [0.25, 0.3) is 5.91 Å². The lowest BCUT2D eigenvalue weighted by Crippen LogP contribution is -2.31.